The molecule has 0 heterocycles. The van der Waals surface area contributed by atoms with Crippen molar-refractivity contribution in [3.05, 3.63) is 30.3 Å². The zero-order valence-corrected chi connectivity index (χ0v) is 9.89. The monoisotopic (exact) mass is 249 g/mol. The number of benzene rings is 1. The van der Waals surface area contributed by atoms with Crippen LogP contribution in [0.1, 0.15) is 12.8 Å². The van der Waals surface area contributed by atoms with Gasteiger partial charge in [-0.2, -0.15) is 0 Å². The van der Waals surface area contributed by atoms with E-state index in [2.05, 4.69) is 5.32 Å². The number of rotatable bonds is 6. The summed E-state index contributed by atoms with van der Waals surface area (Å²) in [6.45, 7) is 0.0824. The van der Waals surface area contributed by atoms with Crippen molar-refractivity contribution in [1.82, 2.24) is 5.32 Å². The highest BCUT2D eigenvalue weighted by Gasteiger charge is 2.50. The highest BCUT2D eigenvalue weighted by Crippen LogP contribution is 2.45. The Bertz CT molecular complexity index is 440. The zero-order valence-electron chi connectivity index (χ0n) is 9.89. The average Bonchev–Trinajstić information content (AvgIpc) is 3.16. The maximum absolute atomic E-state index is 11.5. The lowest BCUT2D eigenvalue weighted by molar-refractivity contribution is -0.143. The molecule has 0 aromatic heterocycles. The van der Waals surface area contributed by atoms with E-state index in [9.17, 15) is 9.59 Å². The first-order valence-electron chi connectivity index (χ1n) is 5.80. The molecule has 1 amide bonds. The molecule has 1 fully saturated rings. The lowest BCUT2D eigenvalue weighted by Crippen LogP contribution is -2.36. The number of carboxylic acids is 1. The fourth-order valence-electron chi connectivity index (χ4n) is 1.60. The predicted molar refractivity (Wildman–Crippen MR) is 64.2 cm³/mol. The second-order valence-electron chi connectivity index (χ2n) is 4.46. The van der Waals surface area contributed by atoms with Gasteiger partial charge in [-0.05, 0) is 25.0 Å². The maximum Gasteiger partial charge on any atom is 0.311 e. The van der Waals surface area contributed by atoms with Crippen molar-refractivity contribution in [3.63, 3.8) is 0 Å². The molecule has 1 aliphatic carbocycles. The number of amides is 1. The summed E-state index contributed by atoms with van der Waals surface area (Å²) in [6.07, 6.45) is 1.25. The fourth-order valence-corrected chi connectivity index (χ4v) is 1.60. The van der Waals surface area contributed by atoms with Crippen LogP contribution in [0.3, 0.4) is 0 Å². The van der Waals surface area contributed by atoms with Crippen LogP contribution in [0, 0.1) is 5.41 Å². The van der Waals surface area contributed by atoms with Crippen molar-refractivity contribution >= 4 is 11.9 Å². The maximum atomic E-state index is 11.5. The second-order valence-corrected chi connectivity index (χ2v) is 4.46. The topological polar surface area (TPSA) is 75.6 Å². The minimum Gasteiger partial charge on any atom is -0.484 e. The molecule has 0 bridgehead atoms. The van der Waals surface area contributed by atoms with Crippen LogP contribution in [0.15, 0.2) is 30.3 Å². The van der Waals surface area contributed by atoms with Crippen LogP contribution in [0.2, 0.25) is 0 Å². The highest BCUT2D eigenvalue weighted by molar-refractivity contribution is 5.81. The summed E-state index contributed by atoms with van der Waals surface area (Å²) >= 11 is 0. The predicted octanol–water partition coefficient (Wildman–Crippen LogP) is 1.05. The number of ether oxygens (including phenoxy) is 1. The van der Waals surface area contributed by atoms with E-state index in [4.69, 9.17) is 9.84 Å². The van der Waals surface area contributed by atoms with Gasteiger partial charge in [-0.3, -0.25) is 9.59 Å². The van der Waals surface area contributed by atoms with E-state index in [0.717, 1.165) is 0 Å². The lowest BCUT2D eigenvalue weighted by atomic mass is 10.1. The van der Waals surface area contributed by atoms with Crippen molar-refractivity contribution < 1.29 is 19.4 Å². The summed E-state index contributed by atoms with van der Waals surface area (Å²) < 4.78 is 5.25. The SMILES string of the molecule is O=C(COc1ccccc1)NCC1(C(=O)O)CC1. The van der Waals surface area contributed by atoms with Crippen LogP contribution in [-0.4, -0.2) is 30.1 Å². The van der Waals surface area contributed by atoms with E-state index in [1.807, 2.05) is 18.2 Å². The van der Waals surface area contributed by atoms with Gasteiger partial charge >= 0.3 is 5.97 Å². The molecule has 96 valence electrons. The number of carboxylic acid groups (broad SMARTS) is 1. The van der Waals surface area contributed by atoms with Crippen molar-refractivity contribution in [2.24, 2.45) is 5.41 Å². The molecule has 18 heavy (non-hydrogen) atoms. The average molecular weight is 249 g/mol. The first kappa shape index (κ1) is 12.4. The Morgan fingerprint density at radius 1 is 1.28 bits per heavy atom. The Balaban J connectivity index is 1.72. The van der Waals surface area contributed by atoms with Gasteiger partial charge in [-0.15, -0.1) is 0 Å². The van der Waals surface area contributed by atoms with Crippen LogP contribution in [0.4, 0.5) is 0 Å². The molecule has 1 aromatic carbocycles. The zero-order chi connectivity index (χ0) is 13.0. The van der Waals surface area contributed by atoms with E-state index in [1.54, 1.807) is 12.1 Å². The molecule has 0 aliphatic heterocycles. The van der Waals surface area contributed by atoms with Gasteiger partial charge in [0.2, 0.25) is 0 Å². The van der Waals surface area contributed by atoms with Gasteiger partial charge in [0.25, 0.3) is 5.91 Å². The van der Waals surface area contributed by atoms with E-state index in [1.165, 1.54) is 0 Å². The number of hydrogen-bond acceptors (Lipinski definition) is 3. The number of hydrogen-bond donors (Lipinski definition) is 2. The van der Waals surface area contributed by atoms with Gasteiger partial charge in [0.05, 0.1) is 5.41 Å². The number of carbonyl (C=O) groups excluding carboxylic acids is 1. The molecule has 0 spiro atoms. The van der Waals surface area contributed by atoms with Crippen molar-refractivity contribution in [3.8, 4) is 5.75 Å². The van der Waals surface area contributed by atoms with Gasteiger partial charge in [-0.1, -0.05) is 18.2 Å². The number of aliphatic carboxylic acids is 1. The summed E-state index contributed by atoms with van der Waals surface area (Å²) in [7, 11) is 0. The van der Waals surface area contributed by atoms with Gasteiger partial charge in [-0.25, -0.2) is 0 Å². The van der Waals surface area contributed by atoms with E-state index in [-0.39, 0.29) is 19.1 Å². The molecule has 0 radical (unpaired) electrons. The molecule has 1 aliphatic rings. The van der Waals surface area contributed by atoms with Gasteiger partial charge in [0.1, 0.15) is 5.75 Å². The van der Waals surface area contributed by atoms with Crippen LogP contribution < -0.4 is 10.1 Å². The van der Waals surface area contributed by atoms with Crippen molar-refractivity contribution in [2.45, 2.75) is 12.8 Å². The molecule has 0 unspecified atom stereocenters. The Morgan fingerprint density at radius 3 is 2.50 bits per heavy atom. The normalized spacial score (nSPS) is 15.8. The molecular weight excluding hydrogens is 234 g/mol. The first-order valence-corrected chi connectivity index (χ1v) is 5.80. The summed E-state index contributed by atoms with van der Waals surface area (Å²) in [6, 6.07) is 9.00. The third kappa shape index (κ3) is 3.00. The molecule has 0 atom stereocenters. The molecule has 1 saturated carbocycles. The van der Waals surface area contributed by atoms with Crippen LogP contribution in [0.25, 0.3) is 0 Å². The number of nitrogens with one attached hydrogen (secondary N) is 1. The molecule has 2 N–H and O–H groups in total. The Hall–Kier alpha value is -2.04. The Labute approximate surface area is 105 Å². The lowest BCUT2D eigenvalue weighted by Gasteiger charge is -2.11. The van der Waals surface area contributed by atoms with Crippen molar-refractivity contribution in [1.29, 1.82) is 0 Å². The molecular formula is C13H15NO4. The third-order valence-corrected chi connectivity index (χ3v) is 3.04. The standard InChI is InChI=1S/C13H15NO4/c15-11(8-18-10-4-2-1-3-5-10)14-9-13(6-7-13)12(16)17/h1-5H,6-9H2,(H,14,15)(H,16,17). The van der Waals surface area contributed by atoms with Gasteiger partial charge in [0, 0.05) is 6.54 Å². The number of carbonyl (C=O) groups is 2. The quantitative estimate of drug-likeness (QED) is 0.790. The van der Waals surface area contributed by atoms with E-state index in [0.29, 0.717) is 18.6 Å². The van der Waals surface area contributed by atoms with Crippen LogP contribution >= 0.6 is 0 Å². The van der Waals surface area contributed by atoms with Gasteiger partial charge < -0.3 is 15.2 Å². The van der Waals surface area contributed by atoms with Gasteiger partial charge in [0.15, 0.2) is 6.61 Å². The summed E-state index contributed by atoms with van der Waals surface area (Å²) in [4.78, 5) is 22.4. The molecule has 1 aromatic rings. The minimum atomic E-state index is -0.841. The Kier molecular flexibility index (Phi) is 3.50. The largest absolute Gasteiger partial charge is 0.484 e. The molecule has 5 heteroatoms. The van der Waals surface area contributed by atoms with E-state index < -0.39 is 11.4 Å². The van der Waals surface area contributed by atoms with Crippen LogP contribution in [-0.2, 0) is 9.59 Å². The molecule has 0 saturated heterocycles. The third-order valence-electron chi connectivity index (χ3n) is 3.04. The Morgan fingerprint density at radius 2 is 1.94 bits per heavy atom. The highest BCUT2D eigenvalue weighted by atomic mass is 16.5. The van der Waals surface area contributed by atoms with E-state index >= 15 is 0 Å². The summed E-state index contributed by atoms with van der Waals surface area (Å²) in [5.74, 6) is -0.523. The molecule has 5 nitrogen and oxygen atoms in total. The smallest absolute Gasteiger partial charge is 0.311 e. The number of para-hydroxylation sites is 1. The van der Waals surface area contributed by atoms with Crippen LogP contribution in [0.5, 0.6) is 5.75 Å². The van der Waals surface area contributed by atoms with Crippen molar-refractivity contribution in [2.75, 3.05) is 13.2 Å². The minimum absolute atomic E-state index is 0.0975. The first-order chi connectivity index (χ1) is 8.62. The molecule has 2 rings (SSSR count). The second kappa shape index (κ2) is 5.08. The summed E-state index contributed by atoms with van der Waals surface area (Å²) in [5.41, 5.74) is -0.734. The summed E-state index contributed by atoms with van der Waals surface area (Å²) in [5, 5.41) is 11.5. The fraction of sp³-hybridized carbons (Fsp3) is 0.385.